The largest absolute Gasteiger partial charge is 0.497 e. The molecule has 26 heavy (non-hydrogen) atoms. The zero-order valence-corrected chi connectivity index (χ0v) is 15.3. The van der Waals surface area contributed by atoms with Gasteiger partial charge in [-0.25, -0.2) is 0 Å². The molecule has 2 amide bonds. The lowest BCUT2D eigenvalue weighted by atomic mass is 10.1. The Bertz CT molecular complexity index is 757. The summed E-state index contributed by atoms with van der Waals surface area (Å²) in [6, 6.07) is 11.7. The van der Waals surface area contributed by atoms with Crippen LogP contribution >= 0.6 is 0 Å². The van der Waals surface area contributed by atoms with Crippen molar-refractivity contribution >= 4 is 17.5 Å². The summed E-state index contributed by atoms with van der Waals surface area (Å²) in [6.45, 7) is 2.71. The van der Waals surface area contributed by atoms with Crippen LogP contribution in [-0.4, -0.2) is 32.6 Å². The molecule has 0 bridgehead atoms. The molecule has 0 aliphatic carbocycles. The molecular formula is C20H24N2O4. The number of benzene rings is 2. The smallest absolute Gasteiger partial charge is 0.255 e. The molecule has 6 heteroatoms. The van der Waals surface area contributed by atoms with Crippen molar-refractivity contribution in [2.75, 3.05) is 26.1 Å². The van der Waals surface area contributed by atoms with E-state index in [4.69, 9.17) is 9.47 Å². The number of methoxy groups -OCH3 is 2. The minimum absolute atomic E-state index is 0.139. The van der Waals surface area contributed by atoms with Crippen LogP contribution in [0.2, 0.25) is 0 Å². The zero-order chi connectivity index (χ0) is 18.9. The lowest BCUT2D eigenvalue weighted by molar-refractivity contribution is 0.0951. The third-order valence-corrected chi connectivity index (χ3v) is 3.88. The van der Waals surface area contributed by atoms with Crippen molar-refractivity contribution in [2.24, 2.45) is 0 Å². The highest BCUT2D eigenvalue weighted by molar-refractivity contribution is 6.05. The summed E-state index contributed by atoms with van der Waals surface area (Å²) in [6.07, 6.45) is 1.96. The van der Waals surface area contributed by atoms with Gasteiger partial charge in [0.15, 0.2) is 0 Å². The molecule has 0 spiro atoms. The van der Waals surface area contributed by atoms with E-state index in [1.165, 1.54) is 7.11 Å². The second-order valence-electron chi connectivity index (χ2n) is 5.71. The van der Waals surface area contributed by atoms with Crippen molar-refractivity contribution in [3.8, 4) is 11.5 Å². The van der Waals surface area contributed by atoms with E-state index in [-0.39, 0.29) is 11.8 Å². The maximum atomic E-state index is 12.5. The molecule has 0 saturated carbocycles. The van der Waals surface area contributed by atoms with Gasteiger partial charge in [-0.3, -0.25) is 9.59 Å². The highest BCUT2D eigenvalue weighted by Gasteiger charge is 2.12. The van der Waals surface area contributed by atoms with Crippen LogP contribution in [0.4, 0.5) is 5.69 Å². The number of hydrogen-bond donors (Lipinski definition) is 2. The first kappa shape index (κ1) is 19.3. The molecular weight excluding hydrogens is 332 g/mol. The third kappa shape index (κ3) is 4.99. The zero-order valence-electron chi connectivity index (χ0n) is 15.3. The maximum absolute atomic E-state index is 12.5. The van der Waals surface area contributed by atoms with Crippen LogP contribution in [-0.2, 0) is 0 Å². The molecule has 2 aromatic rings. The number of carbonyl (C=O) groups is 2. The summed E-state index contributed by atoms with van der Waals surface area (Å²) in [5.41, 5.74) is 1.48. The molecule has 6 nitrogen and oxygen atoms in total. The molecule has 2 N–H and O–H groups in total. The fourth-order valence-corrected chi connectivity index (χ4v) is 2.36. The third-order valence-electron chi connectivity index (χ3n) is 3.88. The van der Waals surface area contributed by atoms with Crippen molar-refractivity contribution in [1.82, 2.24) is 5.32 Å². The van der Waals surface area contributed by atoms with Crippen LogP contribution < -0.4 is 20.1 Å². The summed E-state index contributed by atoms with van der Waals surface area (Å²) in [5, 5.41) is 5.64. The topological polar surface area (TPSA) is 76.7 Å². The van der Waals surface area contributed by atoms with Gasteiger partial charge in [0.1, 0.15) is 11.5 Å². The van der Waals surface area contributed by atoms with Crippen molar-refractivity contribution in [3.63, 3.8) is 0 Å². The average Bonchev–Trinajstić information content (AvgIpc) is 2.68. The van der Waals surface area contributed by atoms with Crippen LogP contribution in [0.25, 0.3) is 0 Å². The fraction of sp³-hybridized carbons (Fsp3) is 0.300. The number of anilines is 1. The minimum atomic E-state index is -0.297. The van der Waals surface area contributed by atoms with Gasteiger partial charge in [0.05, 0.1) is 19.9 Å². The summed E-state index contributed by atoms with van der Waals surface area (Å²) < 4.78 is 10.4. The van der Waals surface area contributed by atoms with E-state index in [0.29, 0.717) is 34.9 Å². The van der Waals surface area contributed by atoms with Crippen LogP contribution in [0, 0.1) is 0 Å². The van der Waals surface area contributed by atoms with Gasteiger partial charge >= 0.3 is 0 Å². The van der Waals surface area contributed by atoms with E-state index in [0.717, 1.165) is 12.8 Å². The predicted molar refractivity (Wildman–Crippen MR) is 101 cm³/mol. The monoisotopic (exact) mass is 356 g/mol. The van der Waals surface area contributed by atoms with Gasteiger partial charge in [-0.2, -0.15) is 0 Å². The van der Waals surface area contributed by atoms with Gasteiger partial charge in [-0.1, -0.05) is 13.3 Å². The van der Waals surface area contributed by atoms with E-state index in [1.807, 2.05) is 0 Å². The molecule has 2 rings (SSSR count). The van der Waals surface area contributed by atoms with E-state index < -0.39 is 0 Å². The van der Waals surface area contributed by atoms with E-state index in [9.17, 15) is 9.59 Å². The molecule has 0 aliphatic heterocycles. The summed E-state index contributed by atoms with van der Waals surface area (Å²) in [7, 11) is 3.08. The predicted octanol–water partition coefficient (Wildman–Crippen LogP) is 3.49. The van der Waals surface area contributed by atoms with Crippen LogP contribution in [0.15, 0.2) is 42.5 Å². The number of unbranched alkanes of at least 4 members (excludes halogenated alkanes) is 1. The first-order valence-electron chi connectivity index (χ1n) is 8.50. The van der Waals surface area contributed by atoms with Crippen molar-refractivity contribution in [1.29, 1.82) is 0 Å². The lowest BCUT2D eigenvalue weighted by Gasteiger charge is -2.12. The highest BCUT2D eigenvalue weighted by Crippen LogP contribution is 2.29. The van der Waals surface area contributed by atoms with Crippen LogP contribution in [0.3, 0.4) is 0 Å². The van der Waals surface area contributed by atoms with Gasteiger partial charge in [-0.05, 0) is 42.8 Å². The van der Waals surface area contributed by atoms with Gasteiger partial charge in [0, 0.05) is 23.7 Å². The Morgan fingerprint density at radius 2 is 1.58 bits per heavy atom. The van der Waals surface area contributed by atoms with Gasteiger partial charge in [0.25, 0.3) is 11.8 Å². The maximum Gasteiger partial charge on any atom is 0.255 e. The first-order valence-corrected chi connectivity index (χ1v) is 8.50. The highest BCUT2D eigenvalue weighted by atomic mass is 16.5. The molecule has 0 heterocycles. The molecule has 0 aromatic heterocycles. The Hall–Kier alpha value is -3.02. The summed E-state index contributed by atoms with van der Waals surface area (Å²) in [4.78, 5) is 24.5. The van der Waals surface area contributed by atoms with Crippen molar-refractivity contribution in [2.45, 2.75) is 19.8 Å². The normalized spacial score (nSPS) is 10.1. The Morgan fingerprint density at radius 3 is 2.15 bits per heavy atom. The average molecular weight is 356 g/mol. The first-order chi connectivity index (χ1) is 12.6. The number of nitrogens with one attached hydrogen (secondary N) is 2. The summed E-state index contributed by atoms with van der Waals surface area (Å²) in [5.74, 6) is 0.709. The number of carbonyl (C=O) groups excluding carboxylic acids is 2. The summed E-state index contributed by atoms with van der Waals surface area (Å²) >= 11 is 0. The van der Waals surface area contributed by atoms with Crippen molar-refractivity contribution in [3.05, 3.63) is 53.6 Å². The SMILES string of the molecule is CCCCNC(=O)c1ccc(C(=O)Nc2cc(OC)ccc2OC)cc1. The van der Waals surface area contributed by atoms with Crippen LogP contribution in [0.5, 0.6) is 11.5 Å². The molecule has 0 fully saturated rings. The van der Waals surface area contributed by atoms with Crippen molar-refractivity contribution < 1.29 is 19.1 Å². The van der Waals surface area contributed by atoms with Gasteiger partial charge < -0.3 is 20.1 Å². The number of rotatable bonds is 8. The quantitative estimate of drug-likeness (QED) is 0.710. The molecule has 0 aliphatic rings. The molecule has 0 radical (unpaired) electrons. The fourth-order valence-electron chi connectivity index (χ4n) is 2.36. The number of ether oxygens (including phenoxy) is 2. The van der Waals surface area contributed by atoms with Gasteiger partial charge in [0.2, 0.25) is 0 Å². The molecule has 138 valence electrons. The lowest BCUT2D eigenvalue weighted by Crippen LogP contribution is -2.24. The van der Waals surface area contributed by atoms with E-state index in [1.54, 1.807) is 49.6 Å². The Balaban J connectivity index is 2.07. The van der Waals surface area contributed by atoms with E-state index >= 15 is 0 Å². The van der Waals surface area contributed by atoms with Crippen LogP contribution in [0.1, 0.15) is 40.5 Å². The number of hydrogen-bond acceptors (Lipinski definition) is 4. The molecule has 2 aromatic carbocycles. The Morgan fingerprint density at radius 1 is 0.923 bits per heavy atom. The molecule has 0 saturated heterocycles. The minimum Gasteiger partial charge on any atom is -0.497 e. The molecule has 0 atom stereocenters. The molecule has 0 unspecified atom stereocenters. The second kappa shape index (κ2) is 9.46. The number of amides is 2. The standard InChI is InChI=1S/C20H24N2O4/c1-4-5-12-21-19(23)14-6-8-15(9-7-14)20(24)22-17-13-16(25-2)10-11-18(17)26-3/h6-11,13H,4-5,12H2,1-3H3,(H,21,23)(H,22,24). The van der Waals surface area contributed by atoms with E-state index in [2.05, 4.69) is 17.6 Å². The second-order valence-corrected chi connectivity index (χ2v) is 5.71. The van der Waals surface area contributed by atoms with Gasteiger partial charge in [-0.15, -0.1) is 0 Å². The Labute approximate surface area is 153 Å². The Kier molecular flexibility index (Phi) is 7.02.